The molecule has 0 radical (unpaired) electrons. The summed E-state index contributed by atoms with van der Waals surface area (Å²) in [5, 5.41) is 6.83. The summed E-state index contributed by atoms with van der Waals surface area (Å²) in [5.41, 5.74) is 5.53. The third-order valence-electron chi connectivity index (χ3n) is 7.66. The molecular weight excluding hydrogens is 638 g/mol. The molecule has 4 aromatic rings. The molecule has 0 unspecified atom stereocenters. The van der Waals surface area contributed by atoms with Crippen molar-refractivity contribution in [2.45, 2.75) is 38.4 Å². The van der Waals surface area contributed by atoms with Gasteiger partial charge in [-0.15, -0.1) is 11.3 Å². The number of fused-ring (bicyclic) bond motifs is 2. The van der Waals surface area contributed by atoms with E-state index in [2.05, 4.69) is 15.4 Å². The number of amides is 3. The van der Waals surface area contributed by atoms with Gasteiger partial charge in [0.05, 0.1) is 5.69 Å². The van der Waals surface area contributed by atoms with Gasteiger partial charge in [-0.05, 0) is 49.9 Å². The number of aromatic nitrogens is 3. The van der Waals surface area contributed by atoms with Gasteiger partial charge in [0, 0.05) is 27.8 Å². The Morgan fingerprint density at radius 2 is 1.93 bits per heavy atom. The monoisotopic (exact) mass is 660 g/mol. The van der Waals surface area contributed by atoms with Crippen LogP contribution in [0.5, 0.6) is 0 Å². The third kappa shape index (κ3) is 5.30. The number of halogens is 2. The number of nitrogens with one attached hydrogen (secondary N) is 1. The van der Waals surface area contributed by atoms with Crippen LogP contribution in [0, 0.1) is 11.7 Å². The zero-order valence-corrected chi connectivity index (χ0v) is 25.2. The van der Waals surface area contributed by atoms with Crippen LogP contribution in [-0.2, 0) is 20.7 Å². The molecule has 2 fully saturated rings. The number of thiazole rings is 1. The minimum atomic E-state index is -4.77. The number of carbonyl (C=O) groups is 4. The van der Waals surface area contributed by atoms with Gasteiger partial charge < -0.3 is 25.7 Å². The van der Waals surface area contributed by atoms with Crippen molar-refractivity contribution in [3.8, 4) is 11.1 Å². The minimum Gasteiger partial charge on any atom is -0.364 e. The van der Waals surface area contributed by atoms with E-state index in [-0.39, 0.29) is 55.6 Å². The van der Waals surface area contributed by atoms with Crippen LogP contribution in [0.3, 0.4) is 0 Å². The summed E-state index contributed by atoms with van der Waals surface area (Å²) in [6.07, 6.45) is 1.01. The first kappa shape index (κ1) is 30.0. The van der Waals surface area contributed by atoms with Crippen LogP contribution in [0.1, 0.15) is 40.6 Å². The van der Waals surface area contributed by atoms with Crippen molar-refractivity contribution in [1.29, 1.82) is 0 Å². The lowest BCUT2D eigenvalue weighted by Gasteiger charge is -2.27. The molecule has 1 saturated heterocycles. The van der Waals surface area contributed by atoms with Gasteiger partial charge in [-0.1, -0.05) is 23.7 Å². The van der Waals surface area contributed by atoms with Gasteiger partial charge in [0.15, 0.2) is 22.9 Å². The first-order valence-electron chi connectivity index (χ1n) is 13.2. The molecule has 3 atom stereocenters. The van der Waals surface area contributed by atoms with E-state index in [0.29, 0.717) is 29.7 Å². The van der Waals surface area contributed by atoms with Crippen LogP contribution in [0.25, 0.3) is 21.5 Å². The van der Waals surface area contributed by atoms with Gasteiger partial charge in [0.1, 0.15) is 17.3 Å². The van der Waals surface area contributed by atoms with E-state index in [1.807, 2.05) is 0 Å². The normalized spacial score (nSPS) is 19.2. The van der Waals surface area contributed by atoms with Gasteiger partial charge >= 0.3 is 7.60 Å². The summed E-state index contributed by atoms with van der Waals surface area (Å²) < 4.78 is 27.9. The summed E-state index contributed by atoms with van der Waals surface area (Å²) in [6.45, 7) is 0.886. The summed E-state index contributed by atoms with van der Waals surface area (Å²) in [7, 11) is -4.77. The van der Waals surface area contributed by atoms with E-state index >= 15 is 4.39 Å². The highest BCUT2D eigenvalue weighted by Crippen LogP contribution is 2.48. The Kier molecular flexibility index (Phi) is 7.41. The van der Waals surface area contributed by atoms with E-state index in [9.17, 15) is 33.5 Å². The predicted octanol–water partition coefficient (Wildman–Crippen LogP) is 2.68. The molecule has 3 amide bonds. The van der Waals surface area contributed by atoms with Crippen molar-refractivity contribution < 1.29 is 37.9 Å². The van der Waals surface area contributed by atoms with E-state index < -0.39 is 48.5 Å². The predicted molar refractivity (Wildman–Crippen MR) is 158 cm³/mol. The van der Waals surface area contributed by atoms with E-state index in [1.54, 1.807) is 0 Å². The van der Waals surface area contributed by atoms with Gasteiger partial charge in [-0.3, -0.25) is 23.7 Å². The fourth-order valence-corrected chi connectivity index (χ4v) is 7.49. The highest BCUT2D eigenvalue weighted by molar-refractivity contribution is 7.67. The number of hydrogen-bond donors (Lipinski definition) is 4. The number of rotatable bonds is 8. The lowest BCUT2D eigenvalue weighted by atomic mass is 10.00. The Hall–Kier alpha value is -4.01. The van der Waals surface area contributed by atoms with Crippen molar-refractivity contribution in [3.63, 3.8) is 0 Å². The SMILES string of the molecule is CC(=O)c1ccc(Cl)c(-c2cccc(NC(=O)[C@@H]3C[C@H]4C[C@H]4N3C(=O)Cn3nc(C(N)=O)c4sc(P(=O)(O)O)nc43)c2F)c1. The average Bonchev–Trinajstić information content (AvgIpc) is 3.27. The molecule has 2 aromatic carbocycles. The van der Waals surface area contributed by atoms with Crippen molar-refractivity contribution in [3.05, 3.63) is 58.5 Å². The van der Waals surface area contributed by atoms with Gasteiger partial charge in [0.25, 0.3) is 5.91 Å². The molecule has 1 saturated carbocycles. The van der Waals surface area contributed by atoms with Crippen molar-refractivity contribution in [2.75, 3.05) is 5.32 Å². The number of hydrogen-bond acceptors (Lipinski definition) is 8. The third-order valence-corrected chi connectivity index (χ3v) is 10.4. The number of likely N-dealkylation sites (tertiary alicyclic amines) is 1. The molecule has 2 aliphatic rings. The lowest BCUT2D eigenvalue weighted by Crippen LogP contribution is -2.46. The maximum Gasteiger partial charge on any atom is 0.384 e. The van der Waals surface area contributed by atoms with Crippen LogP contribution in [0.4, 0.5) is 10.1 Å². The number of nitrogens with zero attached hydrogens (tertiary/aromatic N) is 4. The van der Waals surface area contributed by atoms with Crippen molar-refractivity contribution in [2.24, 2.45) is 11.7 Å². The van der Waals surface area contributed by atoms with E-state index in [0.717, 1.165) is 4.68 Å². The standard InChI is InChI=1S/C27H23ClFN6O7PS/c1-11(36)12-5-6-16(28)15(7-12)14-3-2-4-17(21(14)29)31-26(39)19-9-13-8-18(13)35(19)20(37)10-34-25-23(22(33-34)24(30)38)44-27(32-25)43(40,41)42/h2-7,13,18-19H,8-10H2,1H3,(H2,30,38)(H,31,39)(H2,40,41,42)/t13-,18-,19+/m1/s1. The van der Waals surface area contributed by atoms with Crippen LogP contribution in [0.2, 0.25) is 5.02 Å². The topological polar surface area (TPSA) is 198 Å². The molecule has 1 aliphatic heterocycles. The molecule has 228 valence electrons. The summed E-state index contributed by atoms with van der Waals surface area (Å²) >= 11 is 6.86. The van der Waals surface area contributed by atoms with Gasteiger partial charge in [-0.2, -0.15) is 5.10 Å². The van der Waals surface area contributed by atoms with Crippen molar-refractivity contribution >= 4 is 74.8 Å². The number of piperidine rings is 1. The van der Waals surface area contributed by atoms with Crippen molar-refractivity contribution in [1.82, 2.24) is 19.7 Å². The van der Waals surface area contributed by atoms with Crippen LogP contribution in [0.15, 0.2) is 36.4 Å². The van der Waals surface area contributed by atoms with Gasteiger partial charge in [0.2, 0.25) is 16.6 Å². The summed E-state index contributed by atoms with van der Waals surface area (Å²) in [4.78, 5) is 75.2. The Morgan fingerprint density at radius 3 is 2.61 bits per heavy atom. The second-order valence-electron chi connectivity index (χ2n) is 10.6. The molecule has 13 nitrogen and oxygen atoms in total. The number of nitrogens with two attached hydrogens (primary N) is 1. The quantitative estimate of drug-likeness (QED) is 0.162. The molecule has 3 heterocycles. The Bertz CT molecular complexity index is 1960. The molecule has 2 aromatic heterocycles. The number of benzene rings is 2. The number of ketones is 1. The number of Topliss-reactive ketones (excluding diaryl/α,β-unsaturated/α-hetero) is 1. The van der Waals surface area contributed by atoms with Crippen LogP contribution >= 0.6 is 30.5 Å². The fraction of sp³-hybridized carbons (Fsp3) is 0.259. The molecule has 17 heteroatoms. The maximum absolute atomic E-state index is 15.7. The van der Waals surface area contributed by atoms with E-state index in [4.69, 9.17) is 17.3 Å². The first-order chi connectivity index (χ1) is 20.7. The second kappa shape index (κ2) is 10.9. The Labute approximate surface area is 257 Å². The van der Waals surface area contributed by atoms with Crippen LogP contribution < -0.4 is 15.8 Å². The number of primary amides is 1. The number of anilines is 1. The second-order valence-corrected chi connectivity index (χ2v) is 13.8. The minimum absolute atomic E-state index is 0.0212. The van der Waals surface area contributed by atoms with Gasteiger partial charge in [-0.25, -0.2) is 14.1 Å². The Balaban J connectivity index is 1.25. The molecular formula is C27H23ClFN6O7PS. The zero-order valence-electron chi connectivity index (χ0n) is 22.7. The zero-order chi connectivity index (χ0) is 31.7. The fourth-order valence-electron chi connectivity index (χ4n) is 5.50. The Morgan fingerprint density at radius 1 is 1.18 bits per heavy atom. The molecule has 1 aliphatic carbocycles. The smallest absolute Gasteiger partial charge is 0.364 e. The highest BCUT2D eigenvalue weighted by Gasteiger charge is 2.56. The molecule has 0 bridgehead atoms. The maximum atomic E-state index is 15.7. The molecule has 6 rings (SSSR count). The number of carbonyl (C=O) groups excluding carboxylic acids is 4. The van der Waals surface area contributed by atoms with E-state index in [1.165, 1.54) is 48.2 Å². The average molecular weight is 661 g/mol. The summed E-state index contributed by atoms with van der Waals surface area (Å²) in [6, 6.07) is 7.69. The van der Waals surface area contributed by atoms with Crippen LogP contribution in [-0.4, -0.2) is 65.0 Å². The summed E-state index contributed by atoms with van der Waals surface area (Å²) in [5.74, 6) is -3.07. The molecule has 0 spiro atoms. The largest absolute Gasteiger partial charge is 0.384 e. The highest BCUT2D eigenvalue weighted by atomic mass is 35.5. The molecule has 44 heavy (non-hydrogen) atoms. The first-order valence-corrected chi connectivity index (χ1v) is 16.0. The molecule has 5 N–H and O–H groups in total. The lowest BCUT2D eigenvalue weighted by molar-refractivity contribution is -0.138.